The van der Waals surface area contributed by atoms with E-state index in [0.717, 1.165) is 6.42 Å². The summed E-state index contributed by atoms with van der Waals surface area (Å²) < 4.78 is 0. The molecule has 0 saturated carbocycles. The first kappa shape index (κ1) is 16.4. The summed E-state index contributed by atoms with van der Waals surface area (Å²) in [5.41, 5.74) is 10.3. The minimum absolute atomic E-state index is 0.212. The molecule has 0 rings (SSSR count). The third-order valence-corrected chi connectivity index (χ3v) is 2.56. The normalized spacial score (nSPS) is 13.7. The highest BCUT2D eigenvalue weighted by Crippen LogP contribution is 2.09. The lowest BCUT2D eigenvalue weighted by Crippen LogP contribution is -2.43. The lowest BCUT2D eigenvalue weighted by atomic mass is 10.0. The van der Waals surface area contributed by atoms with Crippen LogP contribution in [0.2, 0.25) is 0 Å². The van der Waals surface area contributed by atoms with Crippen LogP contribution in [0.25, 0.3) is 0 Å². The molecule has 2 atom stereocenters. The number of hydrogen-bond donors (Lipinski definition) is 4. The molecule has 0 aliphatic rings. The molecule has 0 aromatic heterocycles. The fraction of sp³-hybridized carbons (Fsp3) is 0.727. The topological polar surface area (TPSA) is 136 Å². The Bertz CT molecular complexity index is 307. The second-order valence-electron chi connectivity index (χ2n) is 4.35. The van der Waals surface area contributed by atoms with Crippen LogP contribution in [-0.2, 0) is 14.4 Å². The Morgan fingerprint density at radius 3 is 2.33 bits per heavy atom. The van der Waals surface area contributed by atoms with Crippen LogP contribution in [0.5, 0.6) is 0 Å². The first-order valence-corrected chi connectivity index (χ1v) is 5.87. The van der Waals surface area contributed by atoms with Crippen molar-refractivity contribution in [2.75, 3.05) is 6.54 Å². The Kier molecular flexibility index (Phi) is 7.69. The molecule has 6 N–H and O–H groups in total. The Morgan fingerprint density at radius 2 is 1.89 bits per heavy atom. The Labute approximate surface area is 106 Å². The van der Waals surface area contributed by atoms with Crippen LogP contribution in [0.1, 0.15) is 32.6 Å². The number of carbonyl (C=O) groups is 3. The third-order valence-electron chi connectivity index (χ3n) is 2.56. The van der Waals surface area contributed by atoms with Gasteiger partial charge in [-0.1, -0.05) is 6.92 Å². The molecule has 1 unspecified atom stereocenters. The summed E-state index contributed by atoms with van der Waals surface area (Å²) in [5.74, 6) is -2.12. The molecular formula is C11H21N3O4. The first-order chi connectivity index (χ1) is 8.36. The average Bonchev–Trinajstić information content (AvgIpc) is 2.25. The molecule has 0 aliphatic carbocycles. The molecular weight excluding hydrogens is 238 g/mol. The summed E-state index contributed by atoms with van der Waals surface area (Å²) in [4.78, 5) is 32.9. The number of carboxylic acids is 1. The SMILES string of the molecule is CC(CCN)CCC(=O)N[C@@H](CC(N)=O)C(=O)O. The van der Waals surface area contributed by atoms with E-state index in [1.807, 2.05) is 6.92 Å². The minimum atomic E-state index is -1.27. The van der Waals surface area contributed by atoms with Crippen molar-refractivity contribution in [1.29, 1.82) is 0 Å². The highest BCUT2D eigenvalue weighted by Gasteiger charge is 2.21. The van der Waals surface area contributed by atoms with Gasteiger partial charge in [0.05, 0.1) is 6.42 Å². The van der Waals surface area contributed by atoms with E-state index >= 15 is 0 Å². The molecule has 7 nitrogen and oxygen atoms in total. The molecule has 7 heteroatoms. The molecule has 0 aliphatic heterocycles. The van der Waals surface area contributed by atoms with Crippen molar-refractivity contribution < 1.29 is 19.5 Å². The van der Waals surface area contributed by atoms with E-state index in [1.54, 1.807) is 0 Å². The summed E-state index contributed by atoms with van der Waals surface area (Å²) in [6, 6.07) is -1.25. The van der Waals surface area contributed by atoms with Crippen molar-refractivity contribution in [3.8, 4) is 0 Å². The number of amides is 2. The van der Waals surface area contributed by atoms with Gasteiger partial charge in [-0.25, -0.2) is 4.79 Å². The van der Waals surface area contributed by atoms with E-state index < -0.39 is 30.2 Å². The molecule has 0 aromatic rings. The van der Waals surface area contributed by atoms with Crippen molar-refractivity contribution in [2.24, 2.45) is 17.4 Å². The number of hydrogen-bond acceptors (Lipinski definition) is 4. The minimum Gasteiger partial charge on any atom is -0.480 e. The summed E-state index contributed by atoms with van der Waals surface area (Å²) in [7, 11) is 0. The Hall–Kier alpha value is -1.63. The molecule has 0 heterocycles. The summed E-state index contributed by atoms with van der Waals surface area (Å²) >= 11 is 0. The maximum atomic E-state index is 11.5. The van der Waals surface area contributed by atoms with Gasteiger partial charge in [0.1, 0.15) is 6.04 Å². The number of primary amides is 1. The van der Waals surface area contributed by atoms with Crippen LogP contribution >= 0.6 is 0 Å². The molecule has 104 valence electrons. The van der Waals surface area contributed by atoms with Crippen LogP contribution < -0.4 is 16.8 Å². The van der Waals surface area contributed by atoms with Crippen molar-refractivity contribution in [1.82, 2.24) is 5.32 Å². The number of nitrogens with one attached hydrogen (secondary N) is 1. The van der Waals surface area contributed by atoms with Gasteiger partial charge in [0.15, 0.2) is 0 Å². The van der Waals surface area contributed by atoms with Crippen molar-refractivity contribution in [3.05, 3.63) is 0 Å². The standard InChI is InChI=1S/C11H21N3O4/c1-7(4-5-12)2-3-10(16)14-8(11(17)18)6-9(13)15/h7-8H,2-6,12H2,1H3,(H2,13,15)(H,14,16)(H,17,18)/t7?,8-/m0/s1. The molecule has 2 amide bonds. The van der Waals surface area contributed by atoms with Gasteiger partial charge < -0.3 is 21.9 Å². The van der Waals surface area contributed by atoms with E-state index in [1.165, 1.54) is 0 Å². The van der Waals surface area contributed by atoms with Crippen molar-refractivity contribution in [2.45, 2.75) is 38.6 Å². The molecule has 0 bridgehead atoms. The van der Waals surface area contributed by atoms with Gasteiger partial charge in [-0.2, -0.15) is 0 Å². The summed E-state index contributed by atoms with van der Waals surface area (Å²) in [6.07, 6.45) is 1.26. The fourth-order valence-electron chi connectivity index (χ4n) is 1.47. The Morgan fingerprint density at radius 1 is 1.28 bits per heavy atom. The van der Waals surface area contributed by atoms with E-state index in [-0.39, 0.29) is 6.42 Å². The monoisotopic (exact) mass is 259 g/mol. The zero-order valence-electron chi connectivity index (χ0n) is 10.5. The number of aliphatic carboxylic acids is 1. The second-order valence-corrected chi connectivity index (χ2v) is 4.35. The zero-order chi connectivity index (χ0) is 14.1. The largest absolute Gasteiger partial charge is 0.480 e. The van der Waals surface area contributed by atoms with Crippen LogP contribution in [0, 0.1) is 5.92 Å². The van der Waals surface area contributed by atoms with Crippen LogP contribution in [-0.4, -0.2) is 35.5 Å². The average molecular weight is 259 g/mol. The maximum Gasteiger partial charge on any atom is 0.326 e. The molecule has 0 saturated heterocycles. The van der Waals surface area contributed by atoms with Gasteiger partial charge in [0, 0.05) is 6.42 Å². The second kappa shape index (κ2) is 8.46. The summed E-state index contributed by atoms with van der Waals surface area (Å²) in [6.45, 7) is 2.53. The predicted molar refractivity (Wildman–Crippen MR) is 65.4 cm³/mol. The molecule has 0 radical (unpaired) electrons. The van der Waals surface area contributed by atoms with Crippen LogP contribution in [0.4, 0.5) is 0 Å². The van der Waals surface area contributed by atoms with E-state index in [2.05, 4.69) is 5.32 Å². The fourth-order valence-corrected chi connectivity index (χ4v) is 1.47. The van der Waals surface area contributed by atoms with Gasteiger partial charge in [0.25, 0.3) is 0 Å². The van der Waals surface area contributed by atoms with E-state index in [9.17, 15) is 14.4 Å². The molecule has 18 heavy (non-hydrogen) atoms. The maximum absolute atomic E-state index is 11.5. The molecule has 0 fully saturated rings. The third kappa shape index (κ3) is 7.61. The predicted octanol–water partition coefficient (Wildman–Crippen LogP) is -0.804. The first-order valence-electron chi connectivity index (χ1n) is 5.87. The Balaban J connectivity index is 4.10. The number of carboxylic acid groups (broad SMARTS) is 1. The van der Waals surface area contributed by atoms with Crippen molar-refractivity contribution in [3.63, 3.8) is 0 Å². The number of nitrogens with two attached hydrogens (primary N) is 2. The van der Waals surface area contributed by atoms with E-state index in [4.69, 9.17) is 16.6 Å². The van der Waals surface area contributed by atoms with E-state index in [0.29, 0.717) is 18.9 Å². The zero-order valence-corrected chi connectivity index (χ0v) is 10.5. The highest BCUT2D eigenvalue weighted by atomic mass is 16.4. The van der Waals surface area contributed by atoms with Gasteiger partial charge in [0.2, 0.25) is 11.8 Å². The number of carbonyl (C=O) groups excluding carboxylic acids is 2. The smallest absolute Gasteiger partial charge is 0.326 e. The van der Waals surface area contributed by atoms with Crippen LogP contribution in [0.3, 0.4) is 0 Å². The quantitative estimate of drug-likeness (QED) is 0.429. The van der Waals surface area contributed by atoms with Gasteiger partial charge >= 0.3 is 5.97 Å². The highest BCUT2D eigenvalue weighted by molar-refractivity contribution is 5.88. The molecule has 0 spiro atoms. The van der Waals surface area contributed by atoms with Crippen molar-refractivity contribution >= 4 is 17.8 Å². The van der Waals surface area contributed by atoms with Gasteiger partial charge in [-0.05, 0) is 25.3 Å². The number of rotatable bonds is 9. The van der Waals surface area contributed by atoms with Gasteiger partial charge in [-0.15, -0.1) is 0 Å². The molecule has 0 aromatic carbocycles. The summed E-state index contributed by atoms with van der Waals surface area (Å²) in [5, 5.41) is 11.1. The van der Waals surface area contributed by atoms with Crippen LogP contribution in [0.15, 0.2) is 0 Å². The van der Waals surface area contributed by atoms with Gasteiger partial charge in [-0.3, -0.25) is 9.59 Å². The lowest BCUT2D eigenvalue weighted by molar-refractivity contribution is -0.143. The lowest BCUT2D eigenvalue weighted by Gasteiger charge is -2.14.